The largest absolute Gasteiger partial charge is 0.356 e. The van der Waals surface area contributed by atoms with Crippen molar-refractivity contribution >= 4 is 39.0 Å². The molecule has 1 aromatic carbocycles. The first-order chi connectivity index (χ1) is 11.2. The Labute approximate surface area is 154 Å². The van der Waals surface area contributed by atoms with Crippen molar-refractivity contribution < 1.29 is 8.42 Å². The van der Waals surface area contributed by atoms with Crippen molar-refractivity contribution in [1.82, 2.24) is 10.6 Å². The van der Waals surface area contributed by atoms with Crippen LogP contribution in [0.15, 0.2) is 23.2 Å². The number of hydrogen-bond acceptors (Lipinski definition) is 3. The first-order valence-electron chi connectivity index (χ1n) is 7.80. The second-order valence-electron chi connectivity index (χ2n) is 5.80. The topological polar surface area (TPSA) is 70.6 Å². The Bertz CT molecular complexity index is 663. The zero-order chi connectivity index (χ0) is 18.2. The predicted molar refractivity (Wildman–Crippen MR) is 103 cm³/mol. The predicted octanol–water partition coefficient (Wildman–Crippen LogP) is 2.91. The molecule has 1 aromatic rings. The van der Waals surface area contributed by atoms with Crippen molar-refractivity contribution in [3.8, 4) is 0 Å². The molecule has 2 N–H and O–H groups in total. The highest BCUT2D eigenvalue weighted by atomic mass is 35.5. The molecule has 0 aliphatic carbocycles. The molecule has 0 saturated carbocycles. The number of hydrogen-bond donors (Lipinski definition) is 2. The van der Waals surface area contributed by atoms with Gasteiger partial charge in [0, 0.05) is 35.9 Å². The molecule has 0 aliphatic rings. The fourth-order valence-corrected chi connectivity index (χ4v) is 3.39. The summed E-state index contributed by atoms with van der Waals surface area (Å²) in [4.78, 5) is 4.15. The lowest BCUT2D eigenvalue weighted by Crippen LogP contribution is -2.43. The van der Waals surface area contributed by atoms with E-state index in [-0.39, 0.29) is 11.8 Å². The van der Waals surface area contributed by atoms with E-state index in [2.05, 4.69) is 15.6 Å². The molecule has 1 rings (SSSR count). The van der Waals surface area contributed by atoms with Gasteiger partial charge in [-0.2, -0.15) is 0 Å². The van der Waals surface area contributed by atoms with Crippen molar-refractivity contribution in [2.75, 3.05) is 25.6 Å². The molecule has 0 radical (unpaired) electrons. The number of halogens is 2. The molecule has 0 aromatic heterocycles. The van der Waals surface area contributed by atoms with Crippen LogP contribution in [0.4, 0.5) is 0 Å². The molecule has 0 spiro atoms. The molecule has 0 bridgehead atoms. The molecule has 24 heavy (non-hydrogen) atoms. The van der Waals surface area contributed by atoms with Gasteiger partial charge in [-0.1, -0.05) is 29.3 Å². The summed E-state index contributed by atoms with van der Waals surface area (Å²) in [6.07, 6.45) is 3.51. The van der Waals surface area contributed by atoms with Gasteiger partial charge in [-0.05, 0) is 43.9 Å². The number of rotatable bonds is 8. The van der Waals surface area contributed by atoms with Crippen LogP contribution in [0.3, 0.4) is 0 Å². The van der Waals surface area contributed by atoms with E-state index in [9.17, 15) is 8.42 Å². The van der Waals surface area contributed by atoms with E-state index in [1.54, 1.807) is 13.1 Å². The Morgan fingerprint density at radius 3 is 2.62 bits per heavy atom. The van der Waals surface area contributed by atoms with Gasteiger partial charge in [-0.15, -0.1) is 0 Å². The van der Waals surface area contributed by atoms with E-state index in [0.717, 1.165) is 24.9 Å². The standard InChI is InChI=1S/C16H25Cl2N3O2S/c1-12(8-10-24(3,22)23)21-16(19-2)20-9-4-5-13-6-7-14(17)11-15(13)18/h6-7,11-12H,4-5,8-10H2,1-3H3,(H2,19,20,21). The van der Waals surface area contributed by atoms with Gasteiger partial charge in [-0.3, -0.25) is 4.99 Å². The van der Waals surface area contributed by atoms with Crippen LogP contribution >= 0.6 is 23.2 Å². The van der Waals surface area contributed by atoms with Crippen LogP contribution < -0.4 is 10.6 Å². The summed E-state index contributed by atoms with van der Waals surface area (Å²) < 4.78 is 22.4. The average Bonchev–Trinajstić information content (AvgIpc) is 2.49. The summed E-state index contributed by atoms with van der Waals surface area (Å²) in [6, 6.07) is 5.54. The Hall–Kier alpha value is -0.980. The fourth-order valence-electron chi connectivity index (χ4n) is 2.10. The van der Waals surface area contributed by atoms with Crippen molar-refractivity contribution in [3.05, 3.63) is 33.8 Å². The van der Waals surface area contributed by atoms with E-state index >= 15 is 0 Å². The number of nitrogens with zero attached hydrogens (tertiary/aromatic N) is 1. The number of aryl methyl sites for hydroxylation is 1. The summed E-state index contributed by atoms with van der Waals surface area (Å²) in [5, 5.41) is 7.72. The van der Waals surface area contributed by atoms with E-state index in [1.165, 1.54) is 6.26 Å². The van der Waals surface area contributed by atoms with Gasteiger partial charge in [0.15, 0.2) is 5.96 Å². The third-order valence-corrected chi connectivity index (χ3v) is 5.02. The van der Waals surface area contributed by atoms with Crippen molar-refractivity contribution in [1.29, 1.82) is 0 Å². The first-order valence-corrected chi connectivity index (χ1v) is 10.6. The van der Waals surface area contributed by atoms with E-state index in [4.69, 9.17) is 23.2 Å². The Morgan fingerprint density at radius 1 is 1.33 bits per heavy atom. The second kappa shape index (κ2) is 10.1. The molecule has 1 atom stereocenters. The molecule has 0 amide bonds. The molecule has 0 fully saturated rings. The van der Waals surface area contributed by atoms with Crippen LogP contribution in [-0.4, -0.2) is 46.0 Å². The lowest BCUT2D eigenvalue weighted by Gasteiger charge is -2.17. The lowest BCUT2D eigenvalue weighted by atomic mass is 10.1. The summed E-state index contributed by atoms with van der Waals surface area (Å²) in [7, 11) is -1.25. The summed E-state index contributed by atoms with van der Waals surface area (Å²) >= 11 is 12.0. The summed E-state index contributed by atoms with van der Waals surface area (Å²) in [5.74, 6) is 0.825. The average molecular weight is 394 g/mol. The number of guanidine groups is 1. The van der Waals surface area contributed by atoms with Crippen LogP contribution in [0.25, 0.3) is 0 Å². The van der Waals surface area contributed by atoms with Gasteiger partial charge in [0.1, 0.15) is 9.84 Å². The summed E-state index contributed by atoms with van der Waals surface area (Å²) in [5.41, 5.74) is 1.06. The lowest BCUT2D eigenvalue weighted by molar-refractivity contribution is 0.580. The minimum Gasteiger partial charge on any atom is -0.356 e. The monoisotopic (exact) mass is 393 g/mol. The van der Waals surface area contributed by atoms with Gasteiger partial charge in [0.05, 0.1) is 5.75 Å². The maximum Gasteiger partial charge on any atom is 0.191 e. The van der Waals surface area contributed by atoms with E-state index in [1.807, 2.05) is 19.1 Å². The van der Waals surface area contributed by atoms with Gasteiger partial charge in [0.25, 0.3) is 0 Å². The van der Waals surface area contributed by atoms with Gasteiger partial charge >= 0.3 is 0 Å². The maximum absolute atomic E-state index is 11.2. The van der Waals surface area contributed by atoms with Gasteiger partial charge < -0.3 is 10.6 Å². The van der Waals surface area contributed by atoms with Gasteiger partial charge in [0.2, 0.25) is 0 Å². The molecular weight excluding hydrogens is 369 g/mol. The molecule has 0 heterocycles. The summed E-state index contributed by atoms with van der Waals surface area (Å²) in [6.45, 7) is 2.67. The van der Waals surface area contributed by atoms with E-state index < -0.39 is 9.84 Å². The number of nitrogens with one attached hydrogen (secondary N) is 2. The highest BCUT2D eigenvalue weighted by Crippen LogP contribution is 2.21. The van der Waals surface area contributed by atoms with Crippen LogP contribution in [0, 0.1) is 0 Å². The third kappa shape index (κ3) is 8.76. The van der Waals surface area contributed by atoms with Crippen molar-refractivity contribution in [2.24, 2.45) is 4.99 Å². The molecule has 5 nitrogen and oxygen atoms in total. The molecule has 136 valence electrons. The zero-order valence-electron chi connectivity index (χ0n) is 14.3. The number of sulfone groups is 1. The van der Waals surface area contributed by atoms with Crippen molar-refractivity contribution in [2.45, 2.75) is 32.2 Å². The minimum atomic E-state index is -2.94. The number of aliphatic imine (C=N–C) groups is 1. The fraction of sp³-hybridized carbons (Fsp3) is 0.562. The highest BCUT2D eigenvalue weighted by Gasteiger charge is 2.09. The molecule has 1 unspecified atom stereocenters. The zero-order valence-corrected chi connectivity index (χ0v) is 16.6. The normalized spacial score (nSPS) is 13.6. The Morgan fingerprint density at radius 2 is 2.04 bits per heavy atom. The van der Waals surface area contributed by atoms with Crippen LogP contribution in [-0.2, 0) is 16.3 Å². The smallest absolute Gasteiger partial charge is 0.191 e. The third-order valence-electron chi connectivity index (χ3n) is 3.46. The second-order valence-corrected chi connectivity index (χ2v) is 8.91. The minimum absolute atomic E-state index is 0.0247. The van der Waals surface area contributed by atoms with Crippen LogP contribution in [0.5, 0.6) is 0 Å². The van der Waals surface area contributed by atoms with Crippen molar-refractivity contribution in [3.63, 3.8) is 0 Å². The highest BCUT2D eigenvalue weighted by molar-refractivity contribution is 7.90. The van der Waals surface area contributed by atoms with Crippen LogP contribution in [0.1, 0.15) is 25.3 Å². The molecule has 8 heteroatoms. The SMILES string of the molecule is CN=C(NCCCc1ccc(Cl)cc1Cl)NC(C)CCS(C)(=O)=O. The van der Waals surface area contributed by atoms with E-state index in [0.29, 0.717) is 22.4 Å². The molecular formula is C16H25Cl2N3O2S. The maximum atomic E-state index is 11.2. The Kier molecular flexibility index (Phi) is 8.87. The molecule has 0 saturated heterocycles. The quantitative estimate of drug-likeness (QED) is 0.404. The number of benzene rings is 1. The first kappa shape index (κ1) is 21.1. The molecule has 0 aliphatic heterocycles. The Balaban J connectivity index is 2.34. The van der Waals surface area contributed by atoms with Crippen LogP contribution in [0.2, 0.25) is 10.0 Å². The van der Waals surface area contributed by atoms with Gasteiger partial charge in [-0.25, -0.2) is 8.42 Å².